The van der Waals surface area contributed by atoms with Crippen molar-refractivity contribution in [3.05, 3.63) is 65.2 Å². The number of nitrogen functional groups attached to an aromatic ring is 1. The Labute approximate surface area is 261 Å². The third-order valence-corrected chi connectivity index (χ3v) is 7.41. The summed E-state index contributed by atoms with van der Waals surface area (Å²) in [7, 11) is 0. The van der Waals surface area contributed by atoms with Crippen molar-refractivity contribution in [1.82, 2.24) is 16.0 Å². The van der Waals surface area contributed by atoms with Crippen LogP contribution in [0.1, 0.15) is 71.7 Å². The van der Waals surface area contributed by atoms with Gasteiger partial charge in [-0.3, -0.25) is 24.0 Å². The molecule has 0 bridgehead atoms. The quantitative estimate of drug-likeness (QED) is 0.104. The fourth-order valence-electron chi connectivity index (χ4n) is 5.06. The number of carbonyl (C=O) groups excluding carboxylic acids is 5. The molecule has 0 spiro atoms. The van der Waals surface area contributed by atoms with Crippen LogP contribution >= 0.6 is 0 Å². The Balaban J connectivity index is 1.78. The van der Waals surface area contributed by atoms with E-state index in [4.69, 9.17) is 15.2 Å². The van der Waals surface area contributed by atoms with E-state index in [0.29, 0.717) is 0 Å². The highest BCUT2D eigenvalue weighted by molar-refractivity contribution is 6.38. The van der Waals surface area contributed by atoms with Gasteiger partial charge in [0.25, 0.3) is 11.8 Å². The van der Waals surface area contributed by atoms with Gasteiger partial charge in [-0.2, -0.15) is 0 Å². The van der Waals surface area contributed by atoms with Gasteiger partial charge in [-0.1, -0.05) is 62.4 Å². The lowest BCUT2D eigenvalue weighted by molar-refractivity contribution is -0.146. The van der Waals surface area contributed by atoms with Crippen LogP contribution in [0.25, 0.3) is 0 Å². The molecule has 0 heterocycles. The zero-order valence-electron chi connectivity index (χ0n) is 25.2. The molecule has 0 radical (unpaired) electrons. The van der Waals surface area contributed by atoms with Crippen LogP contribution in [0.2, 0.25) is 0 Å². The van der Waals surface area contributed by atoms with Gasteiger partial charge < -0.3 is 36.3 Å². The Bertz CT molecular complexity index is 1360. The first-order valence-corrected chi connectivity index (χ1v) is 14.9. The number of nitrogens with one attached hydrogen (secondary N) is 3. The number of ether oxygens (including phenoxy) is 2. The molecule has 1 saturated carbocycles. The molecule has 1 aliphatic rings. The van der Waals surface area contributed by atoms with Gasteiger partial charge in [0.2, 0.25) is 11.7 Å². The minimum Gasteiger partial charge on any atom is -0.478 e. The number of Topliss-reactive ketones (excluding diaryl/α,β-unsaturated/α-hetero) is 1. The molecule has 1 fully saturated rings. The number of esters is 1. The highest BCUT2D eigenvalue weighted by Crippen LogP contribution is 2.27. The summed E-state index contributed by atoms with van der Waals surface area (Å²) in [6.07, 6.45) is 5.04. The second-order valence-corrected chi connectivity index (χ2v) is 10.8. The molecule has 3 amide bonds. The number of aromatic carboxylic acids is 1. The second kappa shape index (κ2) is 17.5. The molecule has 13 nitrogen and oxygen atoms in total. The number of rotatable bonds is 16. The minimum absolute atomic E-state index is 0.0520. The van der Waals surface area contributed by atoms with Crippen molar-refractivity contribution in [2.24, 2.45) is 5.92 Å². The fourth-order valence-corrected chi connectivity index (χ4v) is 5.06. The van der Waals surface area contributed by atoms with E-state index in [1.807, 2.05) is 30.3 Å². The first-order valence-electron chi connectivity index (χ1n) is 14.9. The number of ketones is 1. The number of hydrogen-bond acceptors (Lipinski definition) is 9. The summed E-state index contributed by atoms with van der Waals surface area (Å²) in [5.74, 6) is -5.36. The summed E-state index contributed by atoms with van der Waals surface area (Å²) in [6, 6.07) is 10.3. The van der Waals surface area contributed by atoms with Gasteiger partial charge in [0.05, 0.1) is 25.4 Å². The Morgan fingerprint density at radius 3 is 2.31 bits per heavy atom. The van der Waals surface area contributed by atoms with Gasteiger partial charge in [-0.05, 0) is 43.0 Å². The van der Waals surface area contributed by atoms with E-state index in [1.165, 1.54) is 18.2 Å². The van der Waals surface area contributed by atoms with Crippen LogP contribution < -0.4 is 21.7 Å². The largest absolute Gasteiger partial charge is 0.478 e. The summed E-state index contributed by atoms with van der Waals surface area (Å²) in [6.45, 7) is 0.904. The zero-order valence-corrected chi connectivity index (χ0v) is 25.2. The van der Waals surface area contributed by atoms with Crippen LogP contribution in [0.15, 0.2) is 48.5 Å². The van der Waals surface area contributed by atoms with Crippen LogP contribution in [0.3, 0.4) is 0 Å². The van der Waals surface area contributed by atoms with Crippen molar-refractivity contribution in [1.29, 1.82) is 0 Å². The van der Waals surface area contributed by atoms with E-state index in [-0.39, 0.29) is 49.0 Å². The molecular weight excluding hydrogens is 584 g/mol. The van der Waals surface area contributed by atoms with Crippen molar-refractivity contribution in [2.75, 3.05) is 25.5 Å². The highest BCUT2D eigenvalue weighted by Gasteiger charge is 2.32. The molecule has 242 valence electrons. The van der Waals surface area contributed by atoms with E-state index in [9.17, 15) is 33.9 Å². The number of carboxylic acid groups (broad SMARTS) is 1. The van der Waals surface area contributed by atoms with Crippen LogP contribution in [0.4, 0.5) is 5.69 Å². The second-order valence-electron chi connectivity index (χ2n) is 10.8. The maximum Gasteiger partial charge on any atom is 0.337 e. The van der Waals surface area contributed by atoms with Crippen molar-refractivity contribution in [2.45, 2.75) is 64.1 Å². The van der Waals surface area contributed by atoms with Crippen LogP contribution in [0.5, 0.6) is 0 Å². The number of hydrogen-bond donors (Lipinski definition) is 5. The van der Waals surface area contributed by atoms with Crippen molar-refractivity contribution in [3.63, 3.8) is 0 Å². The molecule has 45 heavy (non-hydrogen) atoms. The van der Waals surface area contributed by atoms with E-state index in [1.54, 1.807) is 6.92 Å². The van der Waals surface area contributed by atoms with Gasteiger partial charge in [0, 0.05) is 11.3 Å². The molecule has 2 aromatic carbocycles. The lowest BCUT2D eigenvalue weighted by atomic mass is 9.84. The van der Waals surface area contributed by atoms with Gasteiger partial charge in [0.1, 0.15) is 18.6 Å². The molecule has 2 atom stereocenters. The predicted molar refractivity (Wildman–Crippen MR) is 163 cm³/mol. The van der Waals surface area contributed by atoms with E-state index < -0.39 is 54.1 Å². The molecule has 3 rings (SSSR count). The van der Waals surface area contributed by atoms with Crippen LogP contribution in [-0.2, 0) is 35.3 Å². The topological polar surface area (TPSA) is 203 Å². The standard InChI is InChI=1S/C32H40N4O9/c1-2-45-27(37)17-34-31(41)28(38)26(19-44-18-21-11-7-4-8-12-21)36-30(40)25(15-20-9-5-3-6-10-20)35-29(39)22-13-14-23(32(42)43)24(33)16-22/h4,7-8,11-14,16,20,25-26H,2-3,5-6,9-10,15,17-19,33H2,1H3,(H,34,41)(H,35,39)(H,36,40)(H,42,43)/t25-,26?/m1/s1. The smallest absolute Gasteiger partial charge is 0.337 e. The number of anilines is 1. The molecule has 6 N–H and O–H groups in total. The summed E-state index contributed by atoms with van der Waals surface area (Å²) in [5.41, 5.74) is 6.39. The lowest BCUT2D eigenvalue weighted by Gasteiger charge is -2.28. The van der Waals surface area contributed by atoms with Crippen LogP contribution in [-0.4, -0.2) is 72.4 Å². The minimum atomic E-state index is -1.43. The molecule has 0 aromatic heterocycles. The monoisotopic (exact) mass is 624 g/mol. The maximum atomic E-state index is 13.7. The van der Waals surface area contributed by atoms with E-state index in [2.05, 4.69) is 16.0 Å². The number of carbonyl (C=O) groups is 6. The lowest BCUT2D eigenvalue weighted by Crippen LogP contribution is -2.56. The SMILES string of the molecule is CCOC(=O)CNC(=O)C(=O)C(COCc1ccccc1)NC(=O)[C@@H](CC1CCCCC1)NC(=O)c1ccc(C(=O)O)c(N)c1. The zero-order chi connectivity index (χ0) is 32.8. The number of nitrogens with two attached hydrogens (primary N) is 1. The normalized spacial score (nSPS) is 14.4. The van der Waals surface area contributed by atoms with Crippen molar-refractivity contribution in [3.8, 4) is 0 Å². The van der Waals surface area contributed by atoms with Crippen molar-refractivity contribution < 1.29 is 43.3 Å². The molecule has 2 aromatic rings. The maximum absolute atomic E-state index is 13.7. The molecule has 1 unspecified atom stereocenters. The number of carboxylic acids is 1. The van der Waals surface area contributed by atoms with Gasteiger partial charge in [-0.15, -0.1) is 0 Å². The van der Waals surface area contributed by atoms with E-state index >= 15 is 0 Å². The summed E-state index contributed by atoms with van der Waals surface area (Å²) in [4.78, 5) is 75.7. The first-order chi connectivity index (χ1) is 21.6. The average Bonchev–Trinajstić information content (AvgIpc) is 3.03. The summed E-state index contributed by atoms with van der Waals surface area (Å²) >= 11 is 0. The molecule has 0 saturated heterocycles. The number of benzene rings is 2. The first kappa shape index (κ1) is 34.7. The van der Waals surface area contributed by atoms with E-state index in [0.717, 1.165) is 37.7 Å². The molecular formula is C32H40N4O9. The third kappa shape index (κ3) is 11.0. The van der Waals surface area contributed by atoms with Gasteiger partial charge in [-0.25, -0.2) is 4.79 Å². The van der Waals surface area contributed by atoms with Crippen molar-refractivity contribution >= 4 is 41.1 Å². The Morgan fingerprint density at radius 1 is 0.956 bits per heavy atom. The third-order valence-electron chi connectivity index (χ3n) is 7.41. The summed E-state index contributed by atoms with van der Waals surface area (Å²) < 4.78 is 10.5. The Kier molecular flexibility index (Phi) is 13.5. The molecule has 13 heteroatoms. The Morgan fingerprint density at radius 2 is 1.67 bits per heavy atom. The average molecular weight is 625 g/mol. The van der Waals surface area contributed by atoms with Gasteiger partial charge >= 0.3 is 11.9 Å². The molecule has 1 aliphatic carbocycles. The predicted octanol–water partition coefficient (Wildman–Crippen LogP) is 1.99. The highest BCUT2D eigenvalue weighted by atomic mass is 16.5. The fraction of sp³-hybridized carbons (Fsp3) is 0.438. The Hall–Kier alpha value is -4.78. The number of amides is 3. The van der Waals surface area contributed by atoms with Crippen LogP contribution in [0, 0.1) is 5.92 Å². The van der Waals surface area contributed by atoms with Gasteiger partial charge in [0.15, 0.2) is 0 Å². The molecule has 0 aliphatic heterocycles. The summed E-state index contributed by atoms with van der Waals surface area (Å²) in [5, 5.41) is 16.7.